The SMILES string of the molecule is CC(C)c1ccc(/C=C/C(=O)Nc2ncc(Cc3ccccc3F)s2)cc1. The summed E-state index contributed by atoms with van der Waals surface area (Å²) in [5.41, 5.74) is 2.85. The van der Waals surface area contributed by atoms with Gasteiger partial charge in [-0.05, 0) is 34.8 Å². The van der Waals surface area contributed by atoms with E-state index < -0.39 is 0 Å². The zero-order valence-corrected chi connectivity index (χ0v) is 16.1. The van der Waals surface area contributed by atoms with Gasteiger partial charge in [-0.1, -0.05) is 56.3 Å². The first-order valence-electron chi connectivity index (χ1n) is 8.78. The summed E-state index contributed by atoms with van der Waals surface area (Å²) in [4.78, 5) is 17.2. The molecule has 0 radical (unpaired) electrons. The number of carbonyl (C=O) groups is 1. The molecule has 3 aromatic rings. The molecule has 1 aromatic heterocycles. The van der Waals surface area contributed by atoms with Crippen LogP contribution in [0.25, 0.3) is 6.08 Å². The molecule has 0 aliphatic carbocycles. The molecule has 2 aromatic carbocycles. The predicted molar refractivity (Wildman–Crippen MR) is 110 cm³/mol. The van der Waals surface area contributed by atoms with Crippen LogP contribution in [0.15, 0.2) is 60.8 Å². The van der Waals surface area contributed by atoms with Crippen LogP contribution >= 0.6 is 11.3 Å². The smallest absolute Gasteiger partial charge is 0.250 e. The fourth-order valence-electron chi connectivity index (χ4n) is 2.59. The maximum absolute atomic E-state index is 13.7. The quantitative estimate of drug-likeness (QED) is 0.562. The number of hydrogen-bond acceptors (Lipinski definition) is 3. The van der Waals surface area contributed by atoms with Crippen molar-refractivity contribution in [2.45, 2.75) is 26.2 Å². The van der Waals surface area contributed by atoms with Gasteiger partial charge in [-0.25, -0.2) is 9.37 Å². The maximum Gasteiger partial charge on any atom is 0.250 e. The average Bonchev–Trinajstić information content (AvgIpc) is 3.09. The van der Waals surface area contributed by atoms with Crippen LogP contribution in [0, 0.1) is 5.82 Å². The summed E-state index contributed by atoms with van der Waals surface area (Å²) in [5, 5.41) is 3.26. The minimum Gasteiger partial charge on any atom is -0.298 e. The highest BCUT2D eigenvalue weighted by molar-refractivity contribution is 7.15. The van der Waals surface area contributed by atoms with Crippen LogP contribution in [0.3, 0.4) is 0 Å². The van der Waals surface area contributed by atoms with Crippen molar-refractivity contribution in [3.8, 4) is 0 Å². The Bertz CT molecular complexity index is 945. The highest BCUT2D eigenvalue weighted by Gasteiger charge is 2.08. The largest absolute Gasteiger partial charge is 0.298 e. The average molecular weight is 380 g/mol. The molecule has 138 valence electrons. The molecule has 0 spiro atoms. The molecule has 1 heterocycles. The number of thiazole rings is 1. The molecule has 0 saturated heterocycles. The summed E-state index contributed by atoms with van der Waals surface area (Å²) in [7, 11) is 0. The topological polar surface area (TPSA) is 42.0 Å². The molecule has 27 heavy (non-hydrogen) atoms. The van der Waals surface area contributed by atoms with Crippen LogP contribution in [-0.4, -0.2) is 10.9 Å². The van der Waals surface area contributed by atoms with E-state index in [4.69, 9.17) is 0 Å². The number of rotatable bonds is 6. The molecular weight excluding hydrogens is 359 g/mol. The third kappa shape index (κ3) is 5.34. The standard InChI is InChI=1S/C22H21FN2OS/c1-15(2)17-10-7-16(8-11-17)9-12-21(26)25-22-24-14-19(27-22)13-18-5-3-4-6-20(18)23/h3-12,14-15H,13H2,1-2H3,(H,24,25,26)/b12-9+. The third-order valence-electron chi connectivity index (χ3n) is 4.14. The van der Waals surface area contributed by atoms with Crippen LogP contribution in [0.5, 0.6) is 0 Å². The lowest BCUT2D eigenvalue weighted by atomic mass is 10.0. The van der Waals surface area contributed by atoms with Crippen molar-refractivity contribution in [1.82, 2.24) is 4.98 Å². The van der Waals surface area contributed by atoms with E-state index in [0.29, 0.717) is 23.0 Å². The van der Waals surface area contributed by atoms with Gasteiger partial charge in [0.15, 0.2) is 5.13 Å². The molecule has 3 nitrogen and oxygen atoms in total. The Kier molecular flexibility index (Phi) is 6.14. The molecule has 0 bridgehead atoms. The summed E-state index contributed by atoms with van der Waals surface area (Å²) in [6, 6.07) is 14.8. The van der Waals surface area contributed by atoms with Crippen LogP contribution < -0.4 is 5.32 Å². The Morgan fingerprint density at radius 1 is 1.19 bits per heavy atom. The Hall–Kier alpha value is -2.79. The molecule has 5 heteroatoms. The lowest BCUT2D eigenvalue weighted by Gasteiger charge is -2.04. The summed E-state index contributed by atoms with van der Waals surface area (Å²) in [5.74, 6) is 0.00687. The molecule has 1 N–H and O–H groups in total. The predicted octanol–water partition coefficient (Wildman–Crippen LogP) is 5.65. The van der Waals surface area contributed by atoms with Gasteiger partial charge in [-0.2, -0.15) is 0 Å². The van der Waals surface area contributed by atoms with E-state index in [1.54, 1.807) is 30.5 Å². The summed E-state index contributed by atoms with van der Waals surface area (Å²) in [6.07, 6.45) is 5.38. The van der Waals surface area contributed by atoms with Gasteiger partial charge in [-0.3, -0.25) is 10.1 Å². The van der Waals surface area contributed by atoms with E-state index >= 15 is 0 Å². The second kappa shape index (κ2) is 8.73. The summed E-state index contributed by atoms with van der Waals surface area (Å²) in [6.45, 7) is 4.29. The van der Waals surface area contributed by atoms with Gasteiger partial charge in [0, 0.05) is 23.6 Å². The minimum atomic E-state index is -0.241. The normalized spacial score (nSPS) is 11.3. The van der Waals surface area contributed by atoms with Gasteiger partial charge < -0.3 is 0 Å². The molecule has 0 atom stereocenters. The first kappa shape index (κ1) is 19.0. The van der Waals surface area contributed by atoms with Crippen molar-refractivity contribution in [2.75, 3.05) is 5.32 Å². The molecule has 3 rings (SSSR count). The zero-order chi connectivity index (χ0) is 19.2. The van der Waals surface area contributed by atoms with E-state index in [2.05, 4.69) is 36.3 Å². The van der Waals surface area contributed by atoms with Crippen LogP contribution in [0.2, 0.25) is 0 Å². The zero-order valence-electron chi connectivity index (χ0n) is 15.3. The van der Waals surface area contributed by atoms with Gasteiger partial charge >= 0.3 is 0 Å². The Labute approximate surface area is 162 Å². The molecular formula is C22H21FN2OS. The Morgan fingerprint density at radius 2 is 1.93 bits per heavy atom. The van der Waals surface area contributed by atoms with Crippen molar-refractivity contribution in [3.05, 3.63) is 88.2 Å². The monoisotopic (exact) mass is 380 g/mol. The minimum absolute atomic E-state index is 0.233. The number of amides is 1. The lowest BCUT2D eigenvalue weighted by Crippen LogP contribution is -2.07. The highest BCUT2D eigenvalue weighted by atomic mass is 32.1. The van der Waals surface area contributed by atoms with Gasteiger partial charge in [-0.15, -0.1) is 11.3 Å². The number of halogens is 1. The summed E-state index contributed by atoms with van der Waals surface area (Å²) < 4.78 is 13.7. The van der Waals surface area contributed by atoms with Gasteiger partial charge in [0.2, 0.25) is 5.91 Å². The number of nitrogens with one attached hydrogen (secondary N) is 1. The van der Waals surface area contributed by atoms with Crippen molar-refractivity contribution in [1.29, 1.82) is 0 Å². The fraction of sp³-hybridized carbons (Fsp3) is 0.182. The number of aromatic nitrogens is 1. The third-order valence-corrected chi connectivity index (χ3v) is 5.05. The number of nitrogens with zero attached hydrogens (tertiary/aromatic N) is 1. The van der Waals surface area contributed by atoms with E-state index in [-0.39, 0.29) is 11.7 Å². The Balaban J connectivity index is 1.58. The molecule has 1 amide bonds. The molecule has 0 unspecified atom stereocenters. The second-order valence-electron chi connectivity index (χ2n) is 6.54. The lowest BCUT2D eigenvalue weighted by molar-refractivity contribution is -0.111. The van der Waals surface area contributed by atoms with Crippen molar-refractivity contribution >= 4 is 28.5 Å². The fourth-order valence-corrected chi connectivity index (χ4v) is 3.43. The number of anilines is 1. The van der Waals surface area contributed by atoms with E-state index in [0.717, 1.165) is 10.4 Å². The first-order valence-corrected chi connectivity index (χ1v) is 9.60. The maximum atomic E-state index is 13.7. The molecule has 0 saturated carbocycles. The summed E-state index contributed by atoms with van der Waals surface area (Å²) >= 11 is 1.35. The van der Waals surface area contributed by atoms with Crippen molar-refractivity contribution in [2.24, 2.45) is 0 Å². The van der Waals surface area contributed by atoms with Gasteiger partial charge in [0.05, 0.1) is 0 Å². The highest BCUT2D eigenvalue weighted by Crippen LogP contribution is 2.22. The van der Waals surface area contributed by atoms with Gasteiger partial charge in [0.25, 0.3) is 0 Å². The van der Waals surface area contributed by atoms with E-state index in [9.17, 15) is 9.18 Å². The Morgan fingerprint density at radius 3 is 2.63 bits per heavy atom. The first-order chi connectivity index (χ1) is 13.0. The molecule has 0 aliphatic rings. The van der Waals surface area contributed by atoms with E-state index in [1.165, 1.54) is 29.0 Å². The van der Waals surface area contributed by atoms with Crippen molar-refractivity contribution < 1.29 is 9.18 Å². The number of benzene rings is 2. The van der Waals surface area contributed by atoms with Crippen LogP contribution in [0.1, 0.15) is 41.3 Å². The number of hydrogen-bond donors (Lipinski definition) is 1. The second-order valence-corrected chi connectivity index (χ2v) is 7.66. The molecule has 0 aliphatic heterocycles. The van der Waals surface area contributed by atoms with Gasteiger partial charge in [0.1, 0.15) is 5.82 Å². The van der Waals surface area contributed by atoms with Crippen molar-refractivity contribution in [3.63, 3.8) is 0 Å². The van der Waals surface area contributed by atoms with Crippen LogP contribution in [-0.2, 0) is 11.2 Å². The van der Waals surface area contributed by atoms with Crippen LogP contribution in [0.4, 0.5) is 9.52 Å². The molecule has 0 fully saturated rings. The van der Waals surface area contributed by atoms with E-state index in [1.807, 2.05) is 12.1 Å². The number of carbonyl (C=O) groups excluding carboxylic acids is 1.